The van der Waals surface area contributed by atoms with Gasteiger partial charge in [-0.05, 0) is 41.5 Å². The normalized spacial score (nSPS) is 10.9. The lowest BCUT2D eigenvalue weighted by Gasteiger charge is -2.11. The predicted molar refractivity (Wildman–Crippen MR) is 99.2 cm³/mol. The summed E-state index contributed by atoms with van der Waals surface area (Å²) in [4.78, 5) is 15.6. The molecule has 0 aliphatic carbocycles. The van der Waals surface area contributed by atoms with E-state index in [0.717, 1.165) is 21.9 Å². The molecule has 0 amide bonds. The number of esters is 1. The van der Waals surface area contributed by atoms with Gasteiger partial charge in [0.15, 0.2) is 6.61 Å². The summed E-state index contributed by atoms with van der Waals surface area (Å²) in [7, 11) is 0. The van der Waals surface area contributed by atoms with E-state index in [1.807, 2.05) is 60.7 Å². The first-order valence-corrected chi connectivity index (χ1v) is 8.16. The molecule has 3 rings (SSSR count). The van der Waals surface area contributed by atoms with E-state index in [1.54, 1.807) is 19.3 Å². The van der Waals surface area contributed by atoms with Crippen LogP contribution in [0.5, 0.6) is 5.75 Å². The van der Waals surface area contributed by atoms with Gasteiger partial charge in [0.25, 0.3) is 0 Å². The van der Waals surface area contributed by atoms with Crippen LogP contribution in [-0.4, -0.2) is 24.2 Å². The highest BCUT2D eigenvalue weighted by atomic mass is 16.6. The van der Waals surface area contributed by atoms with E-state index in [-0.39, 0.29) is 12.6 Å². The predicted octanol–water partition coefficient (Wildman–Crippen LogP) is 4.35. The zero-order valence-corrected chi connectivity index (χ0v) is 14.0. The van der Waals surface area contributed by atoms with E-state index in [1.165, 1.54) is 0 Å². The quantitative estimate of drug-likeness (QED) is 0.629. The van der Waals surface area contributed by atoms with Crippen molar-refractivity contribution in [3.05, 3.63) is 72.1 Å². The highest BCUT2D eigenvalue weighted by Gasteiger charge is 2.09. The Bertz CT molecular complexity index is 888. The number of fused-ring (bicyclic) bond motifs is 1. The number of ether oxygens (including phenoxy) is 2. The average Bonchev–Trinajstić information content (AvgIpc) is 2.66. The second-order valence-electron chi connectivity index (χ2n) is 5.41. The molecule has 0 saturated carbocycles. The lowest BCUT2D eigenvalue weighted by Crippen LogP contribution is -2.15. The Hall–Kier alpha value is -3.14. The monoisotopic (exact) mass is 333 g/mol. The summed E-state index contributed by atoms with van der Waals surface area (Å²) in [5, 5.41) is 2.18. The van der Waals surface area contributed by atoms with Crippen LogP contribution in [0.25, 0.3) is 22.9 Å². The van der Waals surface area contributed by atoms with Crippen molar-refractivity contribution in [2.24, 2.45) is 0 Å². The fourth-order valence-electron chi connectivity index (χ4n) is 2.57. The minimum atomic E-state index is -0.375. The maximum absolute atomic E-state index is 11.6. The van der Waals surface area contributed by atoms with Gasteiger partial charge in [-0.2, -0.15) is 0 Å². The van der Waals surface area contributed by atoms with Crippen molar-refractivity contribution in [1.82, 2.24) is 4.98 Å². The van der Waals surface area contributed by atoms with Gasteiger partial charge in [-0.1, -0.05) is 42.5 Å². The van der Waals surface area contributed by atoms with Crippen molar-refractivity contribution >= 4 is 28.9 Å². The second-order valence-corrected chi connectivity index (χ2v) is 5.41. The summed E-state index contributed by atoms with van der Waals surface area (Å²) in [5.41, 5.74) is 1.97. The molecule has 4 heteroatoms. The van der Waals surface area contributed by atoms with Crippen molar-refractivity contribution in [3.63, 3.8) is 0 Å². The maximum Gasteiger partial charge on any atom is 0.344 e. The zero-order chi connectivity index (χ0) is 17.5. The maximum atomic E-state index is 11.6. The van der Waals surface area contributed by atoms with Gasteiger partial charge < -0.3 is 9.47 Å². The smallest absolute Gasteiger partial charge is 0.344 e. The van der Waals surface area contributed by atoms with E-state index in [0.29, 0.717) is 12.4 Å². The van der Waals surface area contributed by atoms with Gasteiger partial charge in [0.2, 0.25) is 0 Å². The van der Waals surface area contributed by atoms with Crippen molar-refractivity contribution < 1.29 is 14.3 Å². The first-order valence-electron chi connectivity index (χ1n) is 8.16. The Labute approximate surface area is 146 Å². The molecular formula is C21H19NO3. The van der Waals surface area contributed by atoms with Gasteiger partial charge in [0.1, 0.15) is 5.75 Å². The molecule has 2 aromatic carbocycles. The number of hydrogen-bond donors (Lipinski definition) is 0. The number of nitrogens with zero attached hydrogens (tertiary/aromatic N) is 1. The van der Waals surface area contributed by atoms with Gasteiger partial charge >= 0.3 is 5.97 Å². The van der Waals surface area contributed by atoms with Crippen LogP contribution in [0.2, 0.25) is 0 Å². The topological polar surface area (TPSA) is 48.4 Å². The Morgan fingerprint density at radius 1 is 1.04 bits per heavy atom. The Kier molecular flexibility index (Phi) is 5.42. The molecule has 25 heavy (non-hydrogen) atoms. The summed E-state index contributed by atoms with van der Waals surface area (Å²) in [5.74, 6) is 0.275. The highest BCUT2D eigenvalue weighted by molar-refractivity contribution is 5.95. The molecule has 126 valence electrons. The Morgan fingerprint density at radius 3 is 2.64 bits per heavy atom. The molecule has 4 nitrogen and oxygen atoms in total. The van der Waals surface area contributed by atoms with Gasteiger partial charge in [-0.3, -0.25) is 4.98 Å². The number of benzene rings is 2. The van der Waals surface area contributed by atoms with E-state index < -0.39 is 0 Å². The summed E-state index contributed by atoms with van der Waals surface area (Å²) in [6, 6.07) is 15.8. The van der Waals surface area contributed by atoms with Crippen LogP contribution in [-0.2, 0) is 9.53 Å². The molecule has 3 aromatic rings. The molecule has 0 atom stereocenters. The van der Waals surface area contributed by atoms with E-state index in [4.69, 9.17) is 9.47 Å². The summed E-state index contributed by atoms with van der Waals surface area (Å²) in [6.45, 7) is 2.01. The standard InChI is InChI=1S/C21H19NO3/c1-2-24-21(23)15-25-20-10-8-17-5-3-4-6-18(17)19(20)9-7-16-11-13-22-14-12-16/h3-14H,2,15H2,1H3. The lowest BCUT2D eigenvalue weighted by atomic mass is 10.0. The first kappa shape index (κ1) is 16.7. The van der Waals surface area contributed by atoms with E-state index in [2.05, 4.69) is 4.98 Å². The van der Waals surface area contributed by atoms with Crippen molar-refractivity contribution in [2.75, 3.05) is 13.2 Å². The van der Waals surface area contributed by atoms with Gasteiger partial charge in [0, 0.05) is 18.0 Å². The van der Waals surface area contributed by atoms with Crippen molar-refractivity contribution in [3.8, 4) is 5.75 Å². The fourth-order valence-corrected chi connectivity index (χ4v) is 2.57. The van der Waals surface area contributed by atoms with Crippen LogP contribution < -0.4 is 4.74 Å². The average molecular weight is 333 g/mol. The molecule has 1 heterocycles. The molecule has 0 fully saturated rings. The number of aromatic nitrogens is 1. The van der Waals surface area contributed by atoms with Gasteiger partial charge in [-0.25, -0.2) is 4.79 Å². The number of hydrogen-bond acceptors (Lipinski definition) is 4. The number of rotatable bonds is 6. The molecule has 1 aromatic heterocycles. The number of pyridine rings is 1. The van der Waals surface area contributed by atoms with Crippen LogP contribution in [0.1, 0.15) is 18.1 Å². The summed E-state index contributed by atoms with van der Waals surface area (Å²) >= 11 is 0. The third kappa shape index (κ3) is 4.23. The summed E-state index contributed by atoms with van der Waals surface area (Å²) in [6.07, 6.45) is 7.50. The minimum Gasteiger partial charge on any atom is -0.481 e. The van der Waals surface area contributed by atoms with E-state index >= 15 is 0 Å². The molecule has 0 N–H and O–H groups in total. The van der Waals surface area contributed by atoms with Gasteiger partial charge in [0.05, 0.1) is 6.61 Å². The molecule has 0 saturated heterocycles. The summed E-state index contributed by atoms with van der Waals surface area (Å²) < 4.78 is 10.6. The molecule has 0 aliphatic rings. The number of carbonyl (C=O) groups excluding carboxylic acids is 1. The Morgan fingerprint density at radius 2 is 1.84 bits per heavy atom. The minimum absolute atomic E-state index is 0.109. The molecule has 0 bridgehead atoms. The second kappa shape index (κ2) is 8.11. The van der Waals surface area contributed by atoms with Crippen LogP contribution in [0.15, 0.2) is 60.9 Å². The molecule has 0 spiro atoms. The van der Waals surface area contributed by atoms with Crippen molar-refractivity contribution in [1.29, 1.82) is 0 Å². The SMILES string of the molecule is CCOC(=O)COc1ccc2ccccc2c1C=Cc1ccncc1. The van der Waals surface area contributed by atoms with Crippen molar-refractivity contribution in [2.45, 2.75) is 6.92 Å². The lowest BCUT2D eigenvalue weighted by molar-refractivity contribution is -0.145. The van der Waals surface area contributed by atoms with Crippen LogP contribution >= 0.6 is 0 Å². The third-order valence-corrected chi connectivity index (χ3v) is 3.73. The van der Waals surface area contributed by atoms with E-state index in [9.17, 15) is 4.79 Å². The molecule has 0 radical (unpaired) electrons. The molecule has 0 aliphatic heterocycles. The zero-order valence-electron chi connectivity index (χ0n) is 14.0. The first-order chi connectivity index (χ1) is 12.3. The van der Waals surface area contributed by atoms with Crippen LogP contribution in [0.4, 0.5) is 0 Å². The van der Waals surface area contributed by atoms with Gasteiger partial charge in [-0.15, -0.1) is 0 Å². The molecule has 0 unspecified atom stereocenters. The molecular weight excluding hydrogens is 314 g/mol. The number of carbonyl (C=O) groups is 1. The highest BCUT2D eigenvalue weighted by Crippen LogP contribution is 2.30. The third-order valence-electron chi connectivity index (χ3n) is 3.73. The fraction of sp³-hybridized carbons (Fsp3) is 0.143. The Balaban J connectivity index is 1.95. The van der Waals surface area contributed by atoms with Crippen LogP contribution in [0.3, 0.4) is 0 Å². The van der Waals surface area contributed by atoms with Crippen LogP contribution in [0, 0.1) is 0 Å². The largest absolute Gasteiger partial charge is 0.481 e.